The summed E-state index contributed by atoms with van der Waals surface area (Å²) in [5, 5.41) is 4.65. The van der Waals surface area contributed by atoms with Crippen LogP contribution in [0, 0.1) is 5.41 Å². The number of amides is 2. The Kier molecular flexibility index (Phi) is 14.2. The zero-order valence-corrected chi connectivity index (χ0v) is 22.8. The fourth-order valence-electron chi connectivity index (χ4n) is 3.55. The van der Waals surface area contributed by atoms with Gasteiger partial charge in [-0.25, -0.2) is 0 Å². The number of rotatable bonds is 14. The summed E-state index contributed by atoms with van der Waals surface area (Å²) in [6, 6.07) is 13.6. The van der Waals surface area contributed by atoms with Gasteiger partial charge in [0.2, 0.25) is 0 Å². The quantitative estimate of drug-likeness (QED) is 0.0478. The number of hydrogen-bond acceptors (Lipinski definition) is 10. The molecule has 0 aliphatic rings. The maximum absolute atomic E-state index is 13.8. The maximum atomic E-state index is 13.8. The molecule has 0 unspecified atom stereocenters. The lowest BCUT2D eigenvalue weighted by molar-refractivity contribution is -0.137. The third-order valence-electron chi connectivity index (χ3n) is 5.38. The second kappa shape index (κ2) is 15.4. The first-order valence-electron chi connectivity index (χ1n) is 11.4. The van der Waals surface area contributed by atoms with Gasteiger partial charge in [0.1, 0.15) is 0 Å². The highest BCUT2D eigenvalue weighted by atomic mass is 28.4. The predicted octanol–water partition coefficient (Wildman–Crippen LogP) is -3.07. The van der Waals surface area contributed by atoms with E-state index in [9.17, 15) is 48.0 Å². The van der Waals surface area contributed by atoms with Gasteiger partial charge in [0.05, 0.1) is 0 Å². The summed E-state index contributed by atoms with van der Waals surface area (Å²) in [6.07, 6.45) is -0.233. The van der Waals surface area contributed by atoms with Crippen molar-refractivity contribution in [3.63, 3.8) is 0 Å². The van der Waals surface area contributed by atoms with Crippen LogP contribution in [-0.4, -0.2) is 93.8 Å². The summed E-state index contributed by atoms with van der Waals surface area (Å²) in [5.74, 6) is -4.74. The van der Waals surface area contributed by atoms with Crippen LogP contribution in [0.2, 0.25) is 12.1 Å². The summed E-state index contributed by atoms with van der Waals surface area (Å²) >= 11 is 0. The number of nitrogens with one attached hydrogen (secondary N) is 2. The van der Waals surface area contributed by atoms with Crippen LogP contribution in [-0.2, 0) is 9.59 Å². The van der Waals surface area contributed by atoms with Gasteiger partial charge in [-0.3, -0.25) is 19.2 Å². The molecule has 0 aliphatic heterocycles. The Hall–Kier alpha value is -3.17. The molecule has 2 rings (SSSR count). The minimum atomic E-state index is -4.41. The zero-order valence-electron chi connectivity index (χ0n) is 20.8. The van der Waals surface area contributed by atoms with Crippen molar-refractivity contribution in [2.24, 2.45) is 5.41 Å². The molecule has 0 aromatic heterocycles. The molecule has 2 amide bonds. The van der Waals surface area contributed by atoms with Crippen molar-refractivity contribution >= 4 is 41.0 Å². The SMILES string of the molecule is O.O.O=C(NCCC[Si](O)(O)O)C(C(=O)NCCC[Si](O)(O)O)(C(=O)c1ccccc1)C(=O)c1ccccc1. The summed E-state index contributed by atoms with van der Waals surface area (Å²) in [7, 11) is -8.81. The van der Waals surface area contributed by atoms with Crippen molar-refractivity contribution in [1.29, 1.82) is 0 Å². The van der Waals surface area contributed by atoms with Gasteiger partial charge in [0.15, 0.2) is 11.6 Å². The Morgan fingerprint density at radius 2 is 0.897 bits per heavy atom. The van der Waals surface area contributed by atoms with Crippen molar-refractivity contribution in [1.82, 2.24) is 10.6 Å². The minimum absolute atomic E-state index is 0. The van der Waals surface area contributed by atoms with Crippen LogP contribution in [0.4, 0.5) is 0 Å². The van der Waals surface area contributed by atoms with E-state index in [0.29, 0.717) is 0 Å². The van der Waals surface area contributed by atoms with Gasteiger partial charge in [-0.15, -0.1) is 0 Å². The lowest BCUT2D eigenvalue weighted by Gasteiger charge is -2.29. The standard InChI is InChI=1S/C23H30N2O10Si2.2H2O/c26-19(17-9-3-1-4-10-17)23(20(27)18-11-5-2-6-12-18,21(28)24-13-7-15-36(30,31)32)22(29)25-14-8-16-37(33,34)35;;/h1-6,9-12,30-35H,7-8,13-16H2,(H,24,28)(H,25,29);2*1H2. The number of ketones is 2. The second-order valence-corrected chi connectivity index (χ2v) is 12.5. The fraction of sp³-hybridized carbons (Fsp3) is 0.304. The largest absolute Gasteiger partial charge is 0.492 e. The average molecular weight is 587 g/mol. The fourth-order valence-corrected chi connectivity index (χ4v) is 4.85. The molecule has 0 fully saturated rings. The number of Topliss-reactive ketones (excluding diaryl/α,β-unsaturated/α-hetero) is 2. The Bertz CT molecular complexity index is 1000. The van der Waals surface area contributed by atoms with Crippen molar-refractivity contribution in [2.75, 3.05) is 13.1 Å². The molecule has 2 aromatic rings. The average Bonchev–Trinajstić information content (AvgIpc) is 2.84. The molecule has 0 radical (unpaired) electrons. The second-order valence-electron chi connectivity index (χ2n) is 8.41. The van der Waals surface area contributed by atoms with Crippen molar-refractivity contribution in [3.05, 3.63) is 71.8 Å². The first-order valence-corrected chi connectivity index (χ1v) is 15.5. The van der Waals surface area contributed by atoms with E-state index in [-0.39, 0.29) is 48.0 Å². The first-order chi connectivity index (χ1) is 17.3. The normalized spacial score (nSPS) is 11.4. The van der Waals surface area contributed by atoms with Crippen LogP contribution in [0.1, 0.15) is 33.6 Å². The summed E-state index contributed by atoms with van der Waals surface area (Å²) < 4.78 is 0. The third-order valence-corrected chi connectivity index (χ3v) is 7.43. The van der Waals surface area contributed by atoms with E-state index < -0.39 is 58.5 Å². The Morgan fingerprint density at radius 1 is 0.590 bits per heavy atom. The van der Waals surface area contributed by atoms with Crippen molar-refractivity contribution in [2.45, 2.75) is 24.9 Å². The highest BCUT2D eigenvalue weighted by Gasteiger charge is 2.59. The number of benzene rings is 2. The van der Waals surface area contributed by atoms with Crippen LogP contribution in [0.5, 0.6) is 0 Å². The highest BCUT2D eigenvalue weighted by Crippen LogP contribution is 2.30. The number of carbonyl (C=O) groups is 4. The molecule has 0 aliphatic carbocycles. The van der Waals surface area contributed by atoms with Crippen LogP contribution in [0.25, 0.3) is 0 Å². The monoisotopic (exact) mass is 586 g/mol. The first kappa shape index (κ1) is 35.8. The van der Waals surface area contributed by atoms with Crippen LogP contribution < -0.4 is 10.6 Å². The summed E-state index contributed by atoms with van der Waals surface area (Å²) in [6.45, 7) is -0.579. The van der Waals surface area contributed by atoms with Gasteiger partial charge in [0.25, 0.3) is 17.2 Å². The number of carbonyl (C=O) groups excluding carboxylic acids is 4. The summed E-state index contributed by atoms with van der Waals surface area (Å²) in [5.41, 5.74) is -3.13. The molecular weight excluding hydrogens is 552 g/mol. The van der Waals surface area contributed by atoms with Crippen LogP contribution in [0.15, 0.2) is 60.7 Å². The molecule has 12 N–H and O–H groups in total. The molecular formula is C23H34N2O12Si2. The van der Waals surface area contributed by atoms with E-state index in [1.807, 2.05) is 0 Å². The highest BCUT2D eigenvalue weighted by molar-refractivity contribution is 6.56. The Labute approximate surface area is 225 Å². The van der Waals surface area contributed by atoms with Gasteiger partial charge in [-0.05, 0) is 12.8 Å². The summed E-state index contributed by atoms with van der Waals surface area (Å²) in [4.78, 5) is 110. The number of hydrogen-bond donors (Lipinski definition) is 8. The van der Waals surface area contributed by atoms with E-state index in [2.05, 4.69) is 10.6 Å². The molecule has 14 nitrogen and oxygen atoms in total. The smallest absolute Gasteiger partial charge is 0.412 e. The molecule has 216 valence electrons. The van der Waals surface area contributed by atoms with Gasteiger partial charge < -0.3 is 50.4 Å². The topological polar surface area (TPSA) is 277 Å². The van der Waals surface area contributed by atoms with Gasteiger partial charge in [0, 0.05) is 36.3 Å². The lowest BCUT2D eigenvalue weighted by atomic mass is 9.72. The van der Waals surface area contributed by atoms with Gasteiger partial charge >= 0.3 is 17.6 Å². The zero-order chi connectivity index (χ0) is 27.7. The van der Waals surface area contributed by atoms with E-state index >= 15 is 0 Å². The predicted molar refractivity (Wildman–Crippen MR) is 141 cm³/mol. The molecule has 0 bridgehead atoms. The van der Waals surface area contributed by atoms with E-state index in [1.54, 1.807) is 12.1 Å². The molecule has 0 spiro atoms. The van der Waals surface area contributed by atoms with Crippen molar-refractivity contribution in [3.8, 4) is 0 Å². The minimum Gasteiger partial charge on any atom is -0.412 e. The van der Waals surface area contributed by atoms with Crippen LogP contribution >= 0.6 is 0 Å². The van der Waals surface area contributed by atoms with E-state index in [1.165, 1.54) is 48.5 Å². The van der Waals surface area contributed by atoms with Crippen molar-refractivity contribution < 1.29 is 58.9 Å². The van der Waals surface area contributed by atoms with E-state index in [4.69, 9.17) is 0 Å². The Balaban J connectivity index is 0.00000722. The van der Waals surface area contributed by atoms with Gasteiger partial charge in [-0.1, -0.05) is 60.7 Å². The molecule has 2 aromatic carbocycles. The molecule has 39 heavy (non-hydrogen) atoms. The lowest BCUT2D eigenvalue weighted by Crippen LogP contribution is -2.61. The molecule has 0 atom stereocenters. The van der Waals surface area contributed by atoms with E-state index in [0.717, 1.165) is 0 Å². The maximum Gasteiger partial charge on any atom is 0.492 e. The van der Waals surface area contributed by atoms with Crippen LogP contribution in [0.3, 0.4) is 0 Å². The molecule has 0 saturated carbocycles. The molecule has 0 heterocycles. The Morgan fingerprint density at radius 3 is 1.18 bits per heavy atom. The third kappa shape index (κ3) is 10.1. The molecule has 0 saturated heterocycles. The molecule has 16 heteroatoms. The van der Waals surface area contributed by atoms with Gasteiger partial charge in [-0.2, -0.15) is 0 Å².